The first kappa shape index (κ1) is 118. The van der Waals surface area contributed by atoms with Crippen molar-refractivity contribution in [1.82, 2.24) is 5.32 Å². The Labute approximate surface area is 571 Å². The Morgan fingerprint density at radius 3 is 0.685 bits per heavy atom. The van der Waals surface area contributed by atoms with Gasteiger partial charge in [0.25, 0.3) is 0 Å². The molecule has 0 spiro atoms. The number of esters is 1. The highest BCUT2D eigenvalue weighted by Gasteiger charge is 2.11. The van der Waals surface area contributed by atoms with Crippen LogP contribution in [0.25, 0.3) is 0 Å². The molecule has 9 nitrogen and oxygen atoms in total. The third-order valence-electron chi connectivity index (χ3n) is 9.81. The Kier molecular flexibility index (Phi) is 108. The summed E-state index contributed by atoms with van der Waals surface area (Å²) < 4.78 is 26.0. The minimum atomic E-state index is -0.120. The van der Waals surface area contributed by atoms with E-state index in [9.17, 15) is 14.4 Å². The Morgan fingerprint density at radius 2 is 0.618 bits per heavy atom. The highest BCUT2D eigenvalue weighted by molar-refractivity contribution is 8.00. The normalized spacial score (nSPS) is 10.8. The molecule has 554 valence electrons. The molecule has 0 aromatic rings. The van der Waals surface area contributed by atoms with E-state index in [2.05, 4.69) is 185 Å². The molecule has 0 aromatic heterocycles. The summed E-state index contributed by atoms with van der Waals surface area (Å²) in [6, 6.07) is 0.636. The Hall–Kier alpha value is -1.04. The molecule has 0 saturated carbocycles. The van der Waals surface area contributed by atoms with E-state index in [1.807, 2.05) is 136 Å². The van der Waals surface area contributed by atoms with E-state index >= 15 is 0 Å². The first-order chi connectivity index (χ1) is 39.1. The number of ketones is 2. The van der Waals surface area contributed by atoms with Crippen LogP contribution in [0.4, 0.5) is 0 Å². The quantitative estimate of drug-likeness (QED) is 0.0601. The minimum absolute atomic E-state index is 0. The van der Waals surface area contributed by atoms with Crippen LogP contribution in [0.5, 0.6) is 0 Å². The average Bonchev–Trinajstić information content (AvgIpc) is 3.28. The van der Waals surface area contributed by atoms with Crippen molar-refractivity contribution >= 4 is 29.3 Å². The van der Waals surface area contributed by atoms with Crippen molar-refractivity contribution < 1.29 is 38.1 Å². The third-order valence-corrected chi connectivity index (χ3v) is 10.9. The number of rotatable bonds is 28. The Bertz CT molecular complexity index is 1120. The lowest BCUT2D eigenvalue weighted by molar-refractivity contribution is -0.151. The van der Waals surface area contributed by atoms with Gasteiger partial charge in [0.2, 0.25) is 0 Å². The van der Waals surface area contributed by atoms with Crippen molar-refractivity contribution in [3.05, 3.63) is 0 Å². The second-order valence-electron chi connectivity index (χ2n) is 30.7. The second-order valence-corrected chi connectivity index (χ2v) is 32.8. The number of ether oxygens (including phenoxy) is 5. The monoisotopic (exact) mass is 1300 g/mol. The van der Waals surface area contributed by atoms with Crippen LogP contribution >= 0.6 is 11.8 Å². The summed E-state index contributed by atoms with van der Waals surface area (Å²) in [5.41, 5.74) is 0. The molecular formula is C79H179NO8S. The highest BCUT2D eigenvalue weighted by Crippen LogP contribution is 2.15. The zero-order valence-electron chi connectivity index (χ0n) is 68.0. The summed E-state index contributed by atoms with van der Waals surface area (Å²) in [7, 11) is 0. The first-order valence-electron chi connectivity index (χ1n) is 35.3. The first-order valence-corrected chi connectivity index (χ1v) is 36.2. The van der Waals surface area contributed by atoms with Crippen molar-refractivity contribution in [3.8, 4) is 0 Å². The summed E-state index contributed by atoms with van der Waals surface area (Å²) in [6.45, 7) is 96.1. The number of hydrogen-bond acceptors (Lipinski definition) is 10. The van der Waals surface area contributed by atoms with Gasteiger partial charge in [-0.2, -0.15) is 11.8 Å². The van der Waals surface area contributed by atoms with Crippen molar-refractivity contribution in [2.75, 3.05) is 26.4 Å². The summed E-state index contributed by atoms with van der Waals surface area (Å²) in [5.74, 6) is 8.43. The van der Waals surface area contributed by atoms with Gasteiger partial charge in [-0.05, 0) is 173 Å². The van der Waals surface area contributed by atoms with Gasteiger partial charge in [0.15, 0.2) is 0 Å². The average molecular weight is 1300 g/mol. The van der Waals surface area contributed by atoms with Gasteiger partial charge >= 0.3 is 5.97 Å². The molecule has 0 aliphatic rings. The molecule has 0 radical (unpaired) electrons. The lowest BCUT2D eigenvalue weighted by atomic mass is 9.99. The van der Waals surface area contributed by atoms with Crippen molar-refractivity contribution in [3.63, 3.8) is 0 Å². The fraction of sp³-hybridized carbons (Fsp3) is 0.962. The van der Waals surface area contributed by atoms with Crippen LogP contribution in [0.15, 0.2) is 0 Å². The van der Waals surface area contributed by atoms with Crippen LogP contribution in [-0.2, 0) is 38.1 Å². The van der Waals surface area contributed by atoms with E-state index in [1.54, 1.807) is 0 Å². The van der Waals surface area contributed by atoms with E-state index in [1.165, 1.54) is 19.3 Å². The lowest BCUT2D eigenvalue weighted by Gasteiger charge is -2.09. The molecule has 1 N–H and O–H groups in total. The molecule has 0 heterocycles. The fourth-order valence-corrected chi connectivity index (χ4v) is 8.10. The molecule has 89 heavy (non-hydrogen) atoms. The van der Waals surface area contributed by atoms with Crippen LogP contribution in [0.3, 0.4) is 0 Å². The van der Waals surface area contributed by atoms with Crippen LogP contribution in [0.1, 0.15) is 345 Å². The highest BCUT2D eigenvalue weighted by atomic mass is 32.2. The Balaban J connectivity index is -0.0000000649. The van der Waals surface area contributed by atoms with E-state index in [0.29, 0.717) is 73.2 Å². The SMILES string of the molecule is C.C.CC(C)C(=O)C(C)C.CC(C)CC(=O)C(C)C.CC(C)CC(C)C.CC(C)CC(C)C.CC(C)CC(C)C.CC(C)CNC(C)C.CC(C)COC(C)C.CC(C)OC(=O)C(C)C.CC(C)OC(C)C.CC(C)OCCOC(C)C.CC(C)SC(C)C. The van der Waals surface area contributed by atoms with E-state index in [0.717, 1.165) is 71.5 Å². The third kappa shape index (κ3) is 175. The molecule has 0 fully saturated rings. The van der Waals surface area contributed by atoms with E-state index in [-0.39, 0.29) is 50.6 Å². The van der Waals surface area contributed by atoms with Crippen LogP contribution in [-0.4, -0.2) is 97.1 Å². The van der Waals surface area contributed by atoms with Crippen molar-refractivity contribution in [2.45, 2.75) is 398 Å². The van der Waals surface area contributed by atoms with Gasteiger partial charge in [-0.25, -0.2) is 0 Å². The molecule has 0 amide bonds. The fourth-order valence-electron chi connectivity index (χ4n) is 7.01. The summed E-state index contributed by atoms with van der Waals surface area (Å²) in [5, 5.41) is 4.93. The van der Waals surface area contributed by atoms with Gasteiger partial charge in [0, 0.05) is 36.8 Å². The predicted octanol–water partition coefficient (Wildman–Crippen LogP) is 25.0. The van der Waals surface area contributed by atoms with Crippen LogP contribution in [0.2, 0.25) is 0 Å². The Morgan fingerprint density at radius 1 is 0.326 bits per heavy atom. The molecule has 0 bridgehead atoms. The van der Waals surface area contributed by atoms with Gasteiger partial charge in [0.1, 0.15) is 11.6 Å². The smallest absolute Gasteiger partial charge is 0.308 e. The minimum Gasteiger partial charge on any atom is -0.463 e. The zero-order chi connectivity index (χ0) is 72.0. The number of carbonyl (C=O) groups is 3. The molecule has 0 unspecified atom stereocenters. The standard InChI is InChI=1S/C8H18O2.C8H16O.C7H17N.C7H14O2.C7H16O.C7H14O.3C7H16.C6H14O.C6H14S.2CH4/c1-7(2)9-5-6-10-8(3)4;1-6(2)5-8(9)7(3)4;1-6(2)5-8-7(3)4;1-5(2)7(8)9-6(3)4;1-6(2)5-8-7(3)4;1-5(2)7(8)6(3)4;3*1-6(2)5-7(3)4;2*1-5(2)7-6(3)4;;/h7-8H,5-6H2,1-4H3;6-7H,5H2,1-4H3;6-8H,5H2,1-4H3;5-6H,1-4H3;6-7H,5H2,1-4H3;5-6H,1-4H3;3*6-7H,5H2,1-4H3;2*5-6H,1-4H3;2*1H4. The maximum atomic E-state index is 11.0. The van der Waals surface area contributed by atoms with Crippen molar-refractivity contribution in [1.29, 1.82) is 0 Å². The van der Waals surface area contributed by atoms with Gasteiger partial charge in [-0.3, -0.25) is 14.4 Å². The van der Waals surface area contributed by atoms with Crippen molar-refractivity contribution in [2.24, 2.45) is 76.9 Å². The van der Waals surface area contributed by atoms with Gasteiger partial charge in [0.05, 0.1) is 55.8 Å². The van der Waals surface area contributed by atoms with Crippen LogP contribution < -0.4 is 5.32 Å². The van der Waals surface area contributed by atoms with Gasteiger partial charge in [-0.15, -0.1) is 0 Å². The molecule has 0 aliphatic carbocycles. The lowest BCUT2D eigenvalue weighted by Crippen LogP contribution is -2.26. The maximum Gasteiger partial charge on any atom is 0.308 e. The van der Waals surface area contributed by atoms with E-state index < -0.39 is 0 Å². The largest absolute Gasteiger partial charge is 0.463 e. The molecule has 0 saturated heterocycles. The van der Waals surface area contributed by atoms with E-state index in [4.69, 9.17) is 23.7 Å². The molecule has 0 aromatic carbocycles. The summed E-state index contributed by atoms with van der Waals surface area (Å²) in [4.78, 5) is 32.5. The van der Waals surface area contributed by atoms with Gasteiger partial charge < -0.3 is 29.0 Å². The zero-order valence-corrected chi connectivity index (χ0v) is 68.8. The molecule has 0 rings (SSSR count). The number of carbonyl (C=O) groups excluding carboxylic acids is 3. The molecule has 0 aliphatic heterocycles. The second kappa shape index (κ2) is 81.2. The molecule has 0 atom stereocenters. The predicted molar refractivity (Wildman–Crippen MR) is 412 cm³/mol. The maximum absolute atomic E-state index is 11.0. The summed E-state index contributed by atoms with van der Waals surface area (Å²) in [6.07, 6.45) is 6.60. The van der Waals surface area contributed by atoms with Gasteiger partial charge in [-0.1, -0.05) is 236 Å². The topological polar surface area (TPSA) is 109 Å². The summed E-state index contributed by atoms with van der Waals surface area (Å²) >= 11 is 2.01. The number of thioether (sulfide) groups is 1. The van der Waals surface area contributed by atoms with Crippen LogP contribution in [0, 0.1) is 76.9 Å². The number of Topliss-reactive ketones (excluding diaryl/α,β-unsaturated/α-hetero) is 2. The number of nitrogens with one attached hydrogen (secondary N) is 1. The number of hydrogen-bond donors (Lipinski definition) is 1. The molecule has 10 heteroatoms. The molecular weight excluding hydrogens is 1120 g/mol.